The van der Waals surface area contributed by atoms with Crippen molar-refractivity contribution in [3.63, 3.8) is 0 Å². The number of carbonyl (C=O) groups is 4. The van der Waals surface area contributed by atoms with E-state index in [0.29, 0.717) is 26.8 Å². The molecule has 1 N–H and O–H groups in total. The zero-order valence-corrected chi connectivity index (χ0v) is 25.9. The first kappa shape index (κ1) is 29.1. The maximum Gasteiger partial charge on any atom is 0.338 e. The van der Waals surface area contributed by atoms with Crippen LogP contribution in [0.2, 0.25) is 0 Å². The number of amides is 3. The number of rotatable bonds is 7. The molecule has 0 aliphatic carbocycles. The van der Waals surface area contributed by atoms with Gasteiger partial charge in [0.2, 0.25) is 17.7 Å². The smallest absolute Gasteiger partial charge is 0.338 e. The third-order valence-electron chi connectivity index (χ3n) is 7.27. The van der Waals surface area contributed by atoms with E-state index < -0.39 is 29.0 Å². The molecule has 3 amide bonds. The Hall–Kier alpha value is -4.00. The molecule has 1 saturated heterocycles. The van der Waals surface area contributed by atoms with Crippen LogP contribution >= 0.6 is 39.0 Å². The lowest BCUT2D eigenvalue weighted by Gasteiger charge is -2.30. The van der Waals surface area contributed by atoms with Gasteiger partial charge in [0.1, 0.15) is 11.8 Å². The minimum atomic E-state index is -0.771. The normalized spacial score (nSPS) is 19.1. The van der Waals surface area contributed by atoms with Crippen LogP contribution in [0, 0.1) is 5.92 Å². The van der Waals surface area contributed by atoms with Crippen molar-refractivity contribution in [2.75, 3.05) is 16.8 Å². The van der Waals surface area contributed by atoms with Crippen LogP contribution in [-0.2, 0) is 25.7 Å². The van der Waals surface area contributed by atoms with Crippen molar-refractivity contribution in [3.8, 4) is 0 Å². The van der Waals surface area contributed by atoms with Gasteiger partial charge in [0.05, 0.1) is 28.8 Å². The highest BCUT2D eigenvalue weighted by Crippen LogP contribution is 2.53. The van der Waals surface area contributed by atoms with Crippen molar-refractivity contribution in [3.05, 3.63) is 109 Å². The van der Waals surface area contributed by atoms with Crippen molar-refractivity contribution in [1.29, 1.82) is 0 Å². The van der Waals surface area contributed by atoms with E-state index in [4.69, 9.17) is 4.74 Å². The molecule has 2 aliphatic rings. The lowest BCUT2D eigenvalue weighted by molar-refractivity contribution is -0.122. The van der Waals surface area contributed by atoms with Crippen LogP contribution in [0.25, 0.3) is 0 Å². The fourth-order valence-electron chi connectivity index (χ4n) is 5.37. The fraction of sp³-hybridized carbons (Fsp3) is 0.194. The van der Waals surface area contributed by atoms with Gasteiger partial charge in [-0.3, -0.25) is 23.7 Å². The second-order valence-electron chi connectivity index (χ2n) is 9.91. The number of benzene rings is 3. The molecule has 1 fully saturated rings. The van der Waals surface area contributed by atoms with E-state index in [1.54, 1.807) is 55.5 Å². The molecule has 43 heavy (non-hydrogen) atoms. The predicted octanol–water partition coefficient (Wildman–Crippen LogP) is 5.28. The maximum absolute atomic E-state index is 13.9. The van der Waals surface area contributed by atoms with E-state index in [9.17, 15) is 24.0 Å². The highest BCUT2D eigenvalue weighted by atomic mass is 79.9. The summed E-state index contributed by atoms with van der Waals surface area (Å²) in [6.45, 7) is 1.69. The van der Waals surface area contributed by atoms with E-state index in [0.717, 1.165) is 21.4 Å². The minimum Gasteiger partial charge on any atom is -0.462 e. The van der Waals surface area contributed by atoms with Crippen LogP contribution in [0.3, 0.4) is 0 Å². The average molecular weight is 679 g/mol. The van der Waals surface area contributed by atoms with Crippen LogP contribution in [-0.4, -0.2) is 40.1 Å². The fourth-order valence-corrected chi connectivity index (χ4v) is 8.41. The molecule has 218 valence electrons. The van der Waals surface area contributed by atoms with Gasteiger partial charge in [0.25, 0.3) is 0 Å². The molecule has 3 heterocycles. The Morgan fingerprint density at radius 2 is 1.63 bits per heavy atom. The molecule has 2 unspecified atom stereocenters. The number of fused-ring (bicyclic) bond motifs is 2. The number of aromatic nitrogens is 1. The number of hydrogen-bond acceptors (Lipinski definition) is 8. The Labute approximate surface area is 263 Å². The Balaban J connectivity index is 1.32. The number of thioether (sulfide) groups is 1. The van der Waals surface area contributed by atoms with Crippen molar-refractivity contribution in [1.82, 2.24) is 4.57 Å². The summed E-state index contributed by atoms with van der Waals surface area (Å²) in [7, 11) is 0. The third kappa shape index (κ3) is 5.46. The second kappa shape index (κ2) is 11.9. The largest absolute Gasteiger partial charge is 0.462 e. The zero-order chi connectivity index (χ0) is 30.2. The number of ether oxygens (including phenoxy) is 1. The number of thiazole rings is 1. The molecule has 3 aromatic carbocycles. The molecule has 4 aromatic rings. The van der Waals surface area contributed by atoms with Gasteiger partial charge in [-0.25, -0.2) is 9.69 Å². The van der Waals surface area contributed by atoms with E-state index in [-0.39, 0.29) is 29.8 Å². The summed E-state index contributed by atoms with van der Waals surface area (Å²) in [4.78, 5) is 67.6. The highest BCUT2D eigenvalue weighted by Gasteiger charge is 2.56. The second-order valence-corrected chi connectivity index (χ2v) is 12.9. The van der Waals surface area contributed by atoms with Gasteiger partial charge in [-0.1, -0.05) is 69.4 Å². The molecule has 6 rings (SSSR count). The van der Waals surface area contributed by atoms with Crippen LogP contribution < -0.4 is 15.1 Å². The number of halogens is 1. The van der Waals surface area contributed by atoms with E-state index >= 15 is 0 Å². The summed E-state index contributed by atoms with van der Waals surface area (Å²) >= 11 is 5.56. The number of carbonyl (C=O) groups excluding carboxylic acids is 4. The molecule has 0 bridgehead atoms. The molecule has 0 saturated carbocycles. The summed E-state index contributed by atoms with van der Waals surface area (Å²) in [5.74, 6) is -2.83. The zero-order valence-electron chi connectivity index (χ0n) is 22.7. The first-order chi connectivity index (χ1) is 20.8. The van der Waals surface area contributed by atoms with Crippen LogP contribution in [0.4, 0.5) is 11.4 Å². The van der Waals surface area contributed by atoms with Crippen molar-refractivity contribution >= 4 is 74.1 Å². The molecule has 0 spiro atoms. The van der Waals surface area contributed by atoms with Crippen molar-refractivity contribution in [2.24, 2.45) is 5.92 Å². The van der Waals surface area contributed by atoms with Crippen LogP contribution in [0.15, 0.2) is 93.2 Å². The van der Waals surface area contributed by atoms with Crippen LogP contribution in [0.1, 0.15) is 33.6 Å². The molecule has 1 aromatic heterocycles. The summed E-state index contributed by atoms with van der Waals surface area (Å²) in [5, 5.41) is 2.50. The molecule has 2 aliphatic heterocycles. The Kier molecular flexibility index (Phi) is 8.08. The van der Waals surface area contributed by atoms with Gasteiger partial charge in [0, 0.05) is 21.0 Å². The van der Waals surface area contributed by atoms with E-state index in [1.165, 1.54) is 21.2 Å². The van der Waals surface area contributed by atoms with Crippen molar-refractivity contribution < 1.29 is 23.9 Å². The number of imide groups is 1. The summed E-state index contributed by atoms with van der Waals surface area (Å²) < 4.78 is 7.19. The minimum absolute atomic E-state index is 0.254. The molecular formula is C31H24BrN3O6S2. The number of hydrogen-bond donors (Lipinski definition) is 1. The SMILES string of the molecule is CCOC(=O)c1ccc(NC(=O)Cn2c3c(sc2=O)[C@@H](c2ccccc2)C2C(=O)N(c4ccc(Br)cc4)C(=O)C2S3)cc1. The quantitative estimate of drug-likeness (QED) is 0.209. The molecule has 12 heteroatoms. The van der Waals surface area contributed by atoms with Gasteiger partial charge in [-0.15, -0.1) is 0 Å². The van der Waals surface area contributed by atoms with Crippen LogP contribution in [0.5, 0.6) is 0 Å². The maximum atomic E-state index is 13.9. The molecule has 3 atom stereocenters. The monoisotopic (exact) mass is 677 g/mol. The number of esters is 1. The van der Waals surface area contributed by atoms with E-state index in [2.05, 4.69) is 21.2 Å². The topological polar surface area (TPSA) is 115 Å². The number of nitrogens with zero attached hydrogens (tertiary/aromatic N) is 2. The standard InChI is InChI=1S/C31H24BrN3O6S2/c1-2-41-30(39)18-8-12-20(13-9-18)33-22(36)16-34-29-26(43-31(34)40)23(17-6-4-3-5-7-17)24-25(42-29)28(38)35(27(24)37)21-14-10-19(32)11-15-21/h3-15,23-25H,2,16H2,1H3,(H,33,36)/t23-,24?,25?/m0/s1. The lowest BCUT2D eigenvalue weighted by atomic mass is 9.83. The summed E-state index contributed by atoms with van der Waals surface area (Å²) in [6, 6.07) is 22.6. The Bertz CT molecular complexity index is 1790. The highest BCUT2D eigenvalue weighted by molar-refractivity contribution is 9.10. The Morgan fingerprint density at radius 1 is 0.930 bits per heavy atom. The van der Waals surface area contributed by atoms with E-state index in [1.807, 2.05) is 30.3 Å². The first-order valence-electron chi connectivity index (χ1n) is 13.4. The summed E-state index contributed by atoms with van der Waals surface area (Å²) in [6.07, 6.45) is 0. The van der Waals surface area contributed by atoms with Gasteiger partial charge in [-0.2, -0.15) is 0 Å². The number of nitrogens with one attached hydrogen (secondary N) is 1. The predicted molar refractivity (Wildman–Crippen MR) is 168 cm³/mol. The first-order valence-corrected chi connectivity index (χ1v) is 15.9. The van der Waals surface area contributed by atoms with Gasteiger partial charge in [-0.05, 0) is 61.0 Å². The molecular weight excluding hydrogens is 654 g/mol. The molecule has 9 nitrogen and oxygen atoms in total. The van der Waals surface area contributed by atoms with Gasteiger partial charge < -0.3 is 10.1 Å². The summed E-state index contributed by atoms with van der Waals surface area (Å²) in [5.41, 5.74) is 2.10. The average Bonchev–Trinajstić information content (AvgIpc) is 3.44. The Morgan fingerprint density at radius 3 is 2.30 bits per heavy atom. The lowest BCUT2D eigenvalue weighted by Crippen LogP contribution is -2.33. The van der Waals surface area contributed by atoms with Gasteiger partial charge >= 0.3 is 10.8 Å². The number of anilines is 2. The van der Waals surface area contributed by atoms with Crippen molar-refractivity contribution in [2.45, 2.75) is 29.7 Å². The molecule has 0 radical (unpaired) electrons. The third-order valence-corrected chi connectivity index (χ3v) is 10.4. The van der Waals surface area contributed by atoms with Gasteiger partial charge in [0.15, 0.2) is 0 Å².